The summed E-state index contributed by atoms with van der Waals surface area (Å²) in [5.74, 6) is 0.733. The Morgan fingerprint density at radius 1 is 1.61 bits per heavy atom. The fourth-order valence-corrected chi connectivity index (χ4v) is 1.48. The molecule has 0 aliphatic heterocycles. The zero-order valence-corrected chi connectivity index (χ0v) is 11.3. The summed E-state index contributed by atoms with van der Waals surface area (Å²) in [4.78, 5) is 4.30. The highest BCUT2D eigenvalue weighted by Gasteiger charge is 1.99. The van der Waals surface area contributed by atoms with E-state index in [1.807, 2.05) is 43.6 Å². The molecular weight excluding hydrogens is 246 g/mol. The third kappa shape index (κ3) is 4.93. The highest BCUT2D eigenvalue weighted by molar-refractivity contribution is 8.13. The molecule has 94 valence electrons. The van der Waals surface area contributed by atoms with Crippen LogP contribution in [0.3, 0.4) is 0 Å². The van der Waals surface area contributed by atoms with Gasteiger partial charge in [0.2, 0.25) is 0 Å². The summed E-state index contributed by atoms with van der Waals surface area (Å²) in [6.07, 6.45) is 3.70. The van der Waals surface area contributed by atoms with Gasteiger partial charge in [-0.3, -0.25) is 5.32 Å². The number of rotatable bonds is 4. The zero-order chi connectivity index (χ0) is 13.4. The van der Waals surface area contributed by atoms with Crippen molar-refractivity contribution in [3.8, 4) is 11.9 Å². The molecule has 0 aliphatic carbocycles. The summed E-state index contributed by atoms with van der Waals surface area (Å²) in [5, 5.41) is 11.6. The van der Waals surface area contributed by atoms with Crippen LogP contribution in [0.2, 0.25) is 0 Å². The van der Waals surface area contributed by atoms with Crippen LogP contribution < -0.4 is 10.1 Å². The van der Waals surface area contributed by atoms with Crippen LogP contribution >= 0.6 is 11.8 Å². The third-order valence-corrected chi connectivity index (χ3v) is 2.47. The Balaban J connectivity index is 2.81. The van der Waals surface area contributed by atoms with E-state index in [2.05, 4.69) is 16.9 Å². The lowest BCUT2D eigenvalue weighted by Gasteiger charge is -2.06. The van der Waals surface area contributed by atoms with Crippen molar-refractivity contribution in [1.82, 2.24) is 5.32 Å². The van der Waals surface area contributed by atoms with Crippen molar-refractivity contribution in [3.05, 3.63) is 36.4 Å². The molecule has 1 aromatic rings. The first kappa shape index (κ1) is 14.1. The molecule has 0 spiro atoms. The van der Waals surface area contributed by atoms with Crippen LogP contribution in [0.1, 0.15) is 6.92 Å². The summed E-state index contributed by atoms with van der Waals surface area (Å²) in [6, 6.07) is 7.39. The number of amidine groups is 1. The normalized spacial score (nSPS) is 10.6. The van der Waals surface area contributed by atoms with E-state index in [-0.39, 0.29) is 0 Å². The Morgan fingerprint density at radius 2 is 2.39 bits per heavy atom. The van der Waals surface area contributed by atoms with Gasteiger partial charge in [-0.1, -0.05) is 24.4 Å². The van der Waals surface area contributed by atoms with Gasteiger partial charge in [-0.15, -0.1) is 0 Å². The third-order valence-electron chi connectivity index (χ3n) is 1.89. The molecule has 1 N–H and O–H groups in total. The second-order valence-corrected chi connectivity index (χ2v) is 4.40. The number of ether oxygens (including phenoxy) is 1. The maximum absolute atomic E-state index is 8.56. The predicted octanol–water partition coefficient (Wildman–Crippen LogP) is 3.06. The summed E-state index contributed by atoms with van der Waals surface area (Å²) < 4.78 is 5.52. The quantitative estimate of drug-likeness (QED) is 0.297. The smallest absolute Gasteiger partial charge is 0.183 e. The van der Waals surface area contributed by atoms with Gasteiger partial charge in [0.1, 0.15) is 12.4 Å². The molecule has 0 bridgehead atoms. The van der Waals surface area contributed by atoms with E-state index in [1.165, 1.54) is 11.8 Å². The molecule has 0 saturated carbocycles. The number of nitrogens with zero attached hydrogens (tertiary/aromatic N) is 2. The first-order valence-corrected chi connectivity index (χ1v) is 6.53. The average Bonchev–Trinajstić information content (AvgIpc) is 2.36. The van der Waals surface area contributed by atoms with Crippen molar-refractivity contribution in [2.24, 2.45) is 4.99 Å². The lowest BCUT2D eigenvalue weighted by atomic mass is 10.3. The van der Waals surface area contributed by atoms with Crippen molar-refractivity contribution in [2.75, 3.05) is 12.9 Å². The van der Waals surface area contributed by atoms with Crippen LogP contribution in [-0.4, -0.2) is 18.0 Å². The monoisotopic (exact) mass is 261 g/mol. The molecule has 0 aromatic heterocycles. The Bertz CT molecular complexity index is 491. The molecule has 1 aromatic carbocycles. The molecule has 0 fully saturated rings. The molecule has 0 radical (unpaired) electrons. The van der Waals surface area contributed by atoms with Gasteiger partial charge in [0.05, 0.1) is 5.69 Å². The summed E-state index contributed by atoms with van der Waals surface area (Å²) in [7, 11) is 0. The molecule has 18 heavy (non-hydrogen) atoms. The number of benzene rings is 1. The fourth-order valence-electron chi connectivity index (χ4n) is 1.14. The zero-order valence-electron chi connectivity index (χ0n) is 10.4. The van der Waals surface area contributed by atoms with Gasteiger partial charge >= 0.3 is 0 Å². The maximum Gasteiger partial charge on any atom is 0.183 e. The molecule has 0 heterocycles. The summed E-state index contributed by atoms with van der Waals surface area (Å²) in [6.45, 7) is 6.17. The van der Waals surface area contributed by atoms with E-state index >= 15 is 0 Å². The molecule has 5 heteroatoms. The van der Waals surface area contributed by atoms with Crippen molar-refractivity contribution in [1.29, 1.82) is 5.26 Å². The van der Waals surface area contributed by atoms with Crippen molar-refractivity contribution in [2.45, 2.75) is 6.92 Å². The number of thioether (sulfide) groups is 1. The highest BCUT2D eigenvalue weighted by atomic mass is 32.2. The number of hydrogen-bond acceptors (Lipinski definition) is 4. The van der Waals surface area contributed by atoms with Gasteiger partial charge in [0.25, 0.3) is 0 Å². The molecule has 0 atom stereocenters. The van der Waals surface area contributed by atoms with Gasteiger partial charge in [0.15, 0.2) is 11.4 Å². The van der Waals surface area contributed by atoms with E-state index in [0.29, 0.717) is 11.8 Å². The average molecular weight is 261 g/mol. The minimum Gasteiger partial charge on any atom is -0.489 e. The van der Waals surface area contributed by atoms with E-state index in [4.69, 9.17) is 10.00 Å². The fraction of sp³-hybridized carbons (Fsp3) is 0.231. The second-order valence-electron chi connectivity index (χ2n) is 3.60. The Kier molecular flexibility index (Phi) is 5.81. The van der Waals surface area contributed by atoms with Crippen LogP contribution in [-0.2, 0) is 0 Å². The summed E-state index contributed by atoms with van der Waals surface area (Å²) >= 11 is 1.37. The van der Waals surface area contributed by atoms with Gasteiger partial charge in [0, 0.05) is 6.07 Å². The Hall–Kier alpha value is -1.93. The largest absolute Gasteiger partial charge is 0.489 e. The van der Waals surface area contributed by atoms with Crippen LogP contribution in [0.15, 0.2) is 41.4 Å². The van der Waals surface area contributed by atoms with Crippen LogP contribution in [0, 0.1) is 11.5 Å². The SMILES string of the molecule is C=C(C)COc1cccc(N=C(NC#N)SC)c1. The van der Waals surface area contributed by atoms with Crippen LogP contribution in [0.4, 0.5) is 5.69 Å². The minimum absolute atomic E-state index is 0.485. The number of nitrogens with one attached hydrogen (secondary N) is 1. The van der Waals surface area contributed by atoms with Gasteiger partial charge in [-0.25, -0.2) is 4.99 Å². The number of aliphatic imine (C=N–C) groups is 1. The van der Waals surface area contributed by atoms with Crippen molar-refractivity contribution < 1.29 is 4.74 Å². The first-order chi connectivity index (χ1) is 8.65. The molecule has 4 nitrogen and oxygen atoms in total. The maximum atomic E-state index is 8.56. The van der Waals surface area contributed by atoms with Crippen LogP contribution in [0.5, 0.6) is 5.75 Å². The van der Waals surface area contributed by atoms with Crippen molar-refractivity contribution >= 4 is 22.6 Å². The van der Waals surface area contributed by atoms with Gasteiger partial charge in [-0.05, 0) is 30.9 Å². The lowest BCUT2D eigenvalue weighted by Crippen LogP contribution is -2.12. The second kappa shape index (κ2) is 7.41. The number of nitriles is 1. The first-order valence-electron chi connectivity index (χ1n) is 5.30. The van der Waals surface area contributed by atoms with Gasteiger partial charge in [-0.2, -0.15) is 5.26 Å². The Morgan fingerprint density at radius 3 is 3.00 bits per heavy atom. The highest BCUT2D eigenvalue weighted by Crippen LogP contribution is 2.21. The molecule has 0 amide bonds. The molecular formula is C13H15N3OS. The molecule has 1 rings (SSSR count). The van der Waals surface area contributed by atoms with E-state index in [0.717, 1.165) is 17.0 Å². The van der Waals surface area contributed by atoms with Crippen molar-refractivity contribution in [3.63, 3.8) is 0 Å². The summed E-state index contributed by atoms with van der Waals surface area (Å²) in [5.41, 5.74) is 1.70. The van der Waals surface area contributed by atoms with E-state index in [1.54, 1.807) is 0 Å². The van der Waals surface area contributed by atoms with Crippen LogP contribution in [0.25, 0.3) is 0 Å². The molecule has 0 unspecified atom stereocenters. The number of hydrogen-bond donors (Lipinski definition) is 1. The van der Waals surface area contributed by atoms with E-state index < -0.39 is 0 Å². The predicted molar refractivity (Wildman–Crippen MR) is 76.1 cm³/mol. The van der Waals surface area contributed by atoms with E-state index in [9.17, 15) is 0 Å². The Labute approximate surface area is 111 Å². The van der Waals surface area contributed by atoms with Gasteiger partial charge < -0.3 is 4.74 Å². The molecule has 0 saturated heterocycles. The molecule has 0 aliphatic rings. The minimum atomic E-state index is 0.485. The topological polar surface area (TPSA) is 57.4 Å². The standard InChI is InChI=1S/C13H15N3OS/c1-10(2)8-17-12-6-4-5-11(7-12)16-13(18-3)15-9-14/h4-7H,1,8H2,2-3H3,(H,15,16). The lowest BCUT2D eigenvalue weighted by molar-refractivity contribution is 0.353.